The Balaban J connectivity index is 1.25. The van der Waals surface area contributed by atoms with Gasteiger partial charge in [-0.3, -0.25) is 9.88 Å². The Morgan fingerprint density at radius 2 is 1.19 bits per heavy atom. The zero-order chi connectivity index (χ0) is 35.8. The van der Waals surface area contributed by atoms with Crippen molar-refractivity contribution in [2.75, 3.05) is 4.90 Å². The zero-order valence-electron chi connectivity index (χ0n) is 29.3. The SMILES string of the molecule is c1ccc(-c2cc(-c3cc(-c4cccc5ccncc45)cc(-c4cccc5c4[nH]c4ccccc45)n3)cc(N(c3ccccc3)c3ccccn3)c2)cc1. The fourth-order valence-corrected chi connectivity index (χ4v) is 7.59. The van der Waals surface area contributed by atoms with Gasteiger partial charge in [-0.05, 0) is 94.4 Å². The summed E-state index contributed by atoms with van der Waals surface area (Å²) < 4.78 is 0. The lowest BCUT2D eigenvalue weighted by molar-refractivity contribution is 1.18. The minimum absolute atomic E-state index is 0.830. The van der Waals surface area contributed by atoms with Gasteiger partial charge >= 0.3 is 0 Å². The van der Waals surface area contributed by atoms with E-state index >= 15 is 0 Å². The van der Waals surface area contributed by atoms with Crippen LogP contribution in [0.25, 0.3) is 77.3 Å². The minimum Gasteiger partial charge on any atom is -0.354 e. The average molecular weight is 692 g/mol. The summed E-state index contributed by atoms with van der Waals surface area (Å²) in [5, 5.41) is 4.61. The maximum absolute atomic E-state index is 5.51. The molecule has 54 heavy (non-hydrogen) atoms. The summed E-state index contributed by atoms with van der Waals surface area (Å²) in [5.41, 5.74) is 12.3. The summed E-state index contributed by atoms with van der Waals surface area (Å²) in [6, 6.07) is 61.6. The second kappa shape index (κ2) is 13.3. The van der Waals surface area contributed by atoms with Crippen LogP contribution in [-0.4, -0.2) is 19.9 Å². The molecule has 5 nitrogen and oxygen atoms in total. The lowest BCUT2D eigenvalue weighted by atomic mass is 9.94. The van der Waals surface area contributed by atoms with Gasteiger partial charge in [-0.2, -0.15) is 0 Å². The Morgan fingerprint density at radius 1 is 0.444 bits per heavy atom. The number of rotatable bonds is 7. The lowest BCUT2D eigenvalue weighted by Crippen LogP contribution is -2.11. The summed E-state index contributed by atoms with van der Waals surface area (Å²) >= 11 is 0. The normalized spacial score (nSPS) is 11.3. The molecule has 1 N–H and O–H groups in total. The van der Waals surface area contributed by atoms with Gasteiger partial charge in [0.1, 0.15) is 5.82 Å². The van der Waals surface area contributed by atoms with Crippen LogP contribution in [0.3, 0.4) is 0 Å². The molecule has 5 heteroatoms. The largest absolute Gasteiger partial charge is 0.354 e. The molecule has 0 aliphatic heterocycles. The van der Waals surface area contributed by atoms with Crippen molar-refractivity contribution in [3.8, 4) is 44.8 Å². The standard InChI is InChI=1S/C49H33N5/c1-3-13-33(14-4-1)35-27-37(29-39(28-35)54(38-16-5-2-6-17-38)48-23-9-10-25-51-48)46-30-36(40-19-11-15-34-24-26-50-32-44(34)40)31-47(52-46)43-21-12-20-42-41-18-7-8-22-45(41)53-49(42)43/h1-32,53H. The number of para-hydroxylation sites is 3. The Bertz CT molecular complexity index is 2890. The number of nitrogens with zero attached hydrogens (tertiary/aromatic N) is 4. The zero-order valence-corrected chi connectivity index (χ0v) is 29.3. The van der Waals surface area contributed by atoms with Gasteiger partial charge in [0.2, 0.25) is 0 Å². The highest BCUT2D eigenvalue weighted by atomic mass is 15.2. The minimum atomic E-state index is 0.830. The van der Waals surface area contributed by atoms with Crippen molar-refractivity contribution in [3.05, 3.63) is 195 Å². The van der Waals surface area contributed by atoms with E-state index in [1.165, 1.54) is 10.8 Å². The van der Waals surface area contributed by atoms with Crippen LogP contribution in [0.5, 0.6) is 0 Å². The molecule has 0 unspecified atom stereocenters. The third kappa shape index (κ3) is 5.65. The highest BCUT2D eigenvalue weighted by Gasteiger charge is 2.19. The highest BCUT2D eigenvalue weighted by molar-refractivity contribution is 6.12. The van der Waals surface area contributed by atoms with Crippen LogP contribution in [0.4, 0.5) is 17.2 Å². The van der Waals surface area contributed by atoms with E-state index in [-0.39, 0.29) is 0 Å². The Hall–Kier alpha value is -7.37. The molecule has 4 aromatic heterocycles. The quantitative estimate of drug-likeness (QED) is 0.181. The lowest BCUT2D eigenvalue weighted by Gasteiger charge is -2.25. The Kier molecular flexibility index (Phi) is 7.73. The maximum atomic E-state index is 5.51. The third-order valence-electron chi connectivity index (χ3n) is 10.1. The first-order valence-electron chi connectivity index (χ1n) is 18.1. The molecule has 0 radical (unpaired) electrons. The van der Waals surface area contributed by atoms with E-state index < -0.39 is 0 Å². The van der Waals surface area contributed by atoms with Crippen LogP contribution in [0.2, 0.25) is 0 Å². The van der Waals surface area contributed by atoms with Crippen LogP contribution < -0.4 is 4.90 Å². The fourth-order valence-electron chi connectivity index (χ4n) is 7.59. The molecular weight excluding hydrogens is 659 g/mol. The molecule has 0 saturated heterocycles. The van der Waals surface area contributed by atoms with Crippen molar-refractivity contribution in [1.82, 2.24) is 19.9 Å². The van der Waals surface area contributed by atoms with Gasteiger partial charge < -0.3 is 4.98 Å². The number of H-pyrrole nitrogens is 1. The monoisotopic (exact) mass is 691 g/mol. The van der Waals surface area contributed by atoms with E-state index in [2.05, 4.69) is 167 Å². The molecule has 10 rings (SSSR count). The second-order valence-corrected chi connectivity index (χ2v) is 13.4. The predicted molar refractivity (Wildman–Crippen MR) is 223 cm³/mol. The van der Waals surface area contributed by atoms with Crippen molar-refractivity contribution < 1.29 is 0 Å². The van der Waals surface area contributed by atoms with Crippen LogP contribution in [0.1, 0.15) is 0 Å². The van der Waals surface area contributed by atoms with Crippen molar-refractivity contribution in [2.45, 2.75) is 0 Å². The van der Waals surface area contributed by atoms with E-state index in [9.17, 15) is 0 Å². The predicted octanol–water partition coefficient (Wildman–Crippen LogP) is 12.8. The summed E-state index contributed by atoms with van der Waals surface area (Å²) in [5.74, 6) is 0.830. The molecule has 10 aromatic rings. The smallest absolute Gasteiger partial charge is 0.137 e. The molecule has 254 valence electrons. The number of hydrogen-bond donors (Lipinski definition) is 1. The maximum Gasteiger partial charge on any atom is 0.137 e. The van der Waals surface area contributed by atoms with E-state index in [4.69, 9.17) is 9.97 Å². The van der Waals surface area contributed by atoms with Crippen LogP contribution in [-0.2, 0) is 0 Å². The molecule has 6 aromatic carbocycles. The van der Waals surface area contributed by atoms with E-state index in [0.717, 1.165) is 83.8 Å². The topological polar surface area (TPSA) is 57.7 Å². The van der Waals surface area contributed by atoms with Gasteiger partial charge in [0.15, 0.2) is 0 Å². The second-order valence-electron chi connectivity index (χ2n) is 13.4. The van der Waals surface area contributed by atoms with Crippen molar-refractivity contribution in [2.24, 2.45) is 0 Å². The molecule has 4 heterocycles. The number of benzene rings is 6. The Morgan fingerprint density at radius 3 is 2.06 bits per heavy atom. The number of pyridine rings is 3. The first kappa shape index (κ1) is 31.4. The number of aromatic nitrogens is 4. The first-order chi connectivity index (χ1) is 26.8. The molecule has 0 saturated carbocycles. The van der Waals surface area contributed by atoms with Crippen molar-refractivity contribution in [1.29, 1.82) is 0 Å². The molecule has 0 aliphatic carbocycles. The summed E-state index contributed by atoms with van der Waals surface area (Å²) in [6.07, 6.45) is 5.65. The third-order valence-corrected chi connectivity index (χ3v) is 10.1. The van der Waals surface area contributed by atoms with Crippen molar-refractivity contribution in [3.63, 3.8) is 0 Å². The molecule has 0 atom stereocenters. The molecule has 0 spiro atoms. The molecule has 0 amide bonds. The Labute approximate surface area is 312 Å². The number of fused-ring (bicyclic) bond motifs is 4. The number of anilines is 3. The van der Waals surface area contributed by atoms with Crippen LogP contribution >= 0.6 is 0 Å². The summed E-state index contributed by atoms with van der Waals surface area (Å²) in [7, 11) is 0. The molecule has 0 fully saturated rings. The van der Waals surface area contributed by atoms with Gasteiger partial charge in [0, 0.05) is 62.8 Å². The van der Waals surface area contributed by atoms with Gasteiger partial charge in [-0.1, -0.05) is 109 Å². The van der Waals surface area contributed by atoms with Gasteiger partial charge in [-0.15, -0.1) is 0 Å². The van der Waals surface area contributed by atoms with Gasteiger partial charge in [0.25, 0.3) is 0 Å². The summed E-state index contributed by atoms with van der Waals surface area (Å²) in [6.45, 7) is 0. The highest BCUT2D eigenvalue weighted by Crippen LogP contribution is 2.41. The van der Waals surface area contributed by atoms with E-state index in [1.54, 1.807) is 0 Å². The number of aromatic amines is 1. The fraction of sp³-hybridized carbons (Fsp3) is 0. The van der Waals surface area contributed by atoms with Crippen LogP contribution in [0, 0.1) is 0 Å². The van der Waals surface area contributed by atoms with Gasteiger partial charge in [0.05, 0.1) is 16.9 Å². The number of nitrogens with one attached hydrogen (secondary N) is 1. The summed E-state index contributed by atoms with van der Waals surface area (Å²) in [4.78, 5) is 20.8. The van der Waals surface area contributed by atoms with E-state index in [0.29, 0.717) is 0 Å². The number of hydrogen-bond acceptors (Lipinski definition) is 4. The first-order valence-corrected chi connectivity index (χ1v) is 18.1. The van der Waals surface area contributed by atoms with Crippen LogP contribution in [0.15, 0.2) is 195 Å². The molecule has 0 bridgehead atoms. The molecular formula is C49H33N5. The molecule has 0 aliphatic rings. The van der Waals surface area contributed by atoms with E-state index in [1.807, 2.05) is 42.9 Å². The average Bonchev–Trinajstić information content (AvgIpc) is 3.63. The van der Waals surface area contributed by atoms with Crippen molar-refractivity contribution >= 4 is 49.8 Å². The van der Waals surface area contributed by atoms with Gasteiger partial charge in [-0.25, -0.2) is 9.97 Å².